The van der Waals surface area contributed by atoms with Gasteiger partial charge in [0.05, 0.1) is 10.4 Å². The first-order chi connectivity index (χ1) is 9.69. The number of carbonyl (C=O) groups excluding carboxylic acids is 1. The van der Waals surface area contributed by atoms with Crippen molar-refractivity contribution in [2.75, 3.05) is 6.61 Å². The fraction of sp³-hybridized carbons (Fsp3) is 0.133. The molecule has 0 saturated carbocycles. The molecule has 1 heterocycles. The molecule has 0 aliphatic heterocycles. The van der Waals surface area contributed by atoms with Crippen molar-refractivity contribution >= 4 is 28.8 Å². The van der Waals surface area contributed by atoms with Crippen LogP contribution in [-0.2, 0) is 6.54 Å². The molecule has 0 atom stereocenters. The summed E-state index contributed by atoms with van der Waals surface area (Å²) in [6.07, 6.45) is 0. The molecule has 2 rings (SSSR count). The lowest BCUT2D eigenvalue weighted by atomic mass is 10.2. The molecule has 0 aliphatic rings. The third-order valence-corrected chi connectivity index (χ3v) is 3.58. The maximum absolute atomic E-state index is 12.0. The van der Waals surface area contributed by atoms with E-state index in [-0.39, 0.29) is 12.5 Å². The summed E-state index contributed by atoms with van der Waals surface area (Å²) >= 11 is 7.26. The molecule has 0 fully saturated rings. The van der Waals surface area contributed by atoms with Crippen molar-refractivity contribution in [3.8, 4) is 11.8 Å². The Bertz CT molecular complexity index is 670. The lowest BCUT2D eigenvalue weighted by Gasteiger charge is -2.04. The summed E-state index contributed by atoms with van der Waals surface area (Å²) in [6, 6.07) is 9.06. The van der Waals surface area contributed by atoms with Crippen molar-refractivity contribution < 1.29 is 9.90 Å². The molecule has 102 valence electrons. The molecule has 0 aliphatic carbocycles. The molecule has 2 N–H and O–H groups in total. The van der Waals surface area contributed by atoms with Crippen molar-refractivity contribution in [1.29, 1.82) is 0 Å². The Morgan fingerprint density at radius 1 is 1.40 bits per heavy atom. The van der Waals surface area contributed by atoms with Gasteiger partial charge in [-0.05, 0) is 23.8 Å². The molecule has 0 saturated heterocycles. The normalized spacial score (nSPS) is 9.70. The molecule has 0 unspecified atom stereocenters. The van der Waals surface area contributed by atoms with Gasteiger partial charge in [0, 0.05) is 16.9 Å². The van der Waals surface area contributed by atoms with Gasteiger partial charge in [-0.25, -0.2) is 0 Å². The van der Waals surface area contributed by atoms with Crippen LogP contribution in [0.1, 0.15) is 20.8 Å². The van der Waals surface area contributed by atoms with E-state index >= 15 is 0 Å². The first kappa shape index (κ1) is 14.6. The molecule has 0 radical (unpaired) electrons. The van der Waals surface area contributed by atoms with E-state index in [9.17, 15) is 4.79 Å². The van der Waals surface area contributed by atoms with Gasteiger partial charge in [-0.2, -0.15) is 0 Å². The predicted octanol–water partition coefficient (Wildman–Crippen LogP) is 2.68. The van der Waals surface area contributed by atoms with Crippen molar-refractivity contribution in [3.05, 3.63) is 56.7 Å². The summed E-state index contributed by atoms with van der Waals surface area (Å²) in [5, 5.41) is 13.8. The SMILES string of the molecule is O=C(NCc1cccc(Cl)c1)c1csc(C#CCO)c1. The number of aliphatic hydroxyl groups excluding tert-OH is 1. The third kappa shape index (κ3) is 4.10. The Kier molecular flexibility index (Phi) is 5.19. The molecule has 1 amide bonds. The van der Waals surface area contributed by atoms with Crippen LogP contribution < -0.4 is 5.32 Å². The number of nitrogens with one attached hydrogen (secondary N) is 1. The van der Waals surface area contributed by atoms with Gasteiger partial charge < -0.3 is 10.4 Å². The van der Waals surface area contributed by atoms with E-state index in [1.54, 1.807) is 17.5 Å². The number of amides is 1. The minimum absolute atomic E-state index is 0.154. The maximum Gasteiger partial charge on any atom is 0.252 e. The molecule has 5 heteroatoms. The fourth-order valence-electron chi connectivity index (χ4n) is 1.58. The van der Waals surface area contributed by atoms with E-state index in [0.29, 0.717) is 17.1 Å². The van der Waals surface area contributed by atoms with Crippen LogP contribution in [0.4, 0.5) is 0 Å². The van der Waals surface area contributed by atoms with E-state index in [0.717, 1.165) is 10.4 Å². The van der Waals surface area contributed by atoms with Crippen LogP contribution in [-0.4, -0.2) is 17.6 Å². The number of benzene rings is 1. The summed E-state index contributed by atoms with van der Waals surface area (Å²) in [4.78, 5) is 12.7. The summed E-state index contributed by atoms with van der Waals surface area (Å²) in [5.74, 6) is 5.17. The number of thiophene rings is 1. The smallest absolute Gasteiger partial charge is 0.252 e. The molecular weight excluding hydrogens is 294 g/mol. The van der Waals surface area contributed by atoms with Crippen molar-refractivity contribution in [2.45, 2.75) is 6.54 Å². The number of carbonyl (C=O) groups is 1. The van der Waals surface area contributed by atoms with E-state index < -0.39 is 0 Å². The largest absolute Gasteiger partial charge is 0.384 e. The quantitative estimate of drug-likeness (QED) is 0.857. The Morgan fingerprint density at radius 2 is 2.25 bits per heavy atom. The minimum atomic E-state index is -0.186. The predicted molar refractivity (Wildman–Crippen MR) is 80.9 cm³/mol. The first-order valence-corrected chi connectivity index (χ1v) is 7.15. The molecule has 1 aromatic carbocycles. The topological polar surface area (TPSA) is 49.3 Å². The monoisotopic (exact) mass is 305 g/mol. The number of hydrogen-bond donors (Lipinski definition) is 2. The van der Waals surface area contributed by atoms with Gasteiger partial charge in [0.2, 0.25) is 0 Å². The molecule has 1 aromatic heterocycles. The lowest BCUT2D eigenvalue weighted by Crippen LogP contribution is -2.22. The zero-order valence-corrected chi connectivity index (χ0v) is 12.1. The highest BCUT2D eigenvalue weighted by molar-refractivity contribution is 7.10. The van der Waals surface area contributed by atoms with Crippen LogP contribution in [0, 0.1) is 11.8 Å². The van der Waals surface area contributed by atoms with E-state index in [2.05, 4.69) is 17.2 Å². The van der Waals surface area contributed by atoms with Gasteiger partial charge in [0.15, 0.2) is 0 Å². The second-order valence-electron chi connectivity index (χ2n) is 3.97. The van der Waals surface area contributed by atoms with Gasteiger partial charge in [0.1, 0.15) is 6.61 Å². The highest BCUT2D eigenvalue weighted by Crippen LogP contribution is 2.14. The molecule has 0 bridgehead atoms. The number of halogens is 1. The Morgan fingerprint density at radius 3 is 3.00 bits per heavy atom. The highest BCUT2D eigenvalue weighted by Gasteiger charge is 2.07. The van der Waals surface area contributed by atoms with Gasteiger partial charge >= 0.3 is 0 Å². The second-order valence-corrected chi connectivity index (χ2v) is 5.32. The van der Waals surface area contributed by atoms with Crippen LogP contribution in [0.2, 0.25) is 5.02 Å². The molecular formula is C15H12ClNO2S. The standard InChI is InChI=1S/C15H12ClNO2S/c16-13-4-1-3-11(7-13)9-17-15(19)12-8-14(20-10-12)5-2-6-18/h1,3-4,7-8,10,18H,6,9H2,(H,17,19). The number of hydrogen-bond acceptors (Lipinski definition) is 3. The summed E-state index contributed by atoms with van der Waals surface area (Å²) in [6.45, 7) is 0.237. The van der Waals surface area contributed by atoms with E-state index in [4.69, 9.17) is 16.7 Å². The van der Waals surface area contributed by atoms with Crippen LogP contribution in [0.3, 0.4) is 0 Å². The molecule has 3 nitrogen and oxygen atoms in total. The van der Waals surface area contributed by atoms with Gasteiger partial charge in [0.25, 0.3) is 5.91 Å². The van der Waals surface area contributed by atoms with Crippen molar-refractivity contribution in [1.82, 2.24) is 5.32 Å². The van der Waals surface area contributed by atoms with E-state index in [1.807, 2.05) is 18.2 Å². The molecule has 2 aromatic rings. The molecule has 20 heavy (non-hydrogen) atoms. The van der Waals surface area contributed by atoms with E-state index in [1.165, 1.54) is 11.3 Å². The fourth-order valence-corrected chi connectivity index (χ4v) is 2.55. The Hall–Kier alpha value is -1.80. The summed E-state index contributed by atoms with van der Waals surface area (Å²) in [7, 11) is 0. The van der Waals surface area contributed by atoms with Gasteiger partial charge in [-0.15, -0.1) is 11.3 Å². The van der Waals surface area contributed by atoms with Crippen LogP contribution >= 0.6 is 22.9 Å². The van der Waals surface area contributed by atoms with Crippen molar-refractivity contribution in [3.63, 3.8) is 0 Å². The summed E-state index contributed by atoms with van der Waals surface area (Å²) in [5.41, 5.74) is 1.51. The van der Waals surface area contributed by atoms with Gasteiger partial charge in [-0.1, -0.05) is 35.6 Å². The number of aliphatic hydroxyl groups is 1. The van der Waals surface area contributed by atoms with Crippen molar-refractivity contribution in [2.24, 2.45) is 0 Å². The third-order valence-electron chi connectivity index (χ3n) is 2.49. The summed E-state index contributed by atoms with van der Waals surface area (Å²) < 4.78 is 0. The zero-order valence-electron chi connectivity index (χ0n) is 10.5. The number of rotatable bonds is 3. The van der Waals surface area contributed by atoms with Crippen LogP contribution in [0.25, 0.3) is 0 Å². The average molecular weight is 306 g/mol. The Balaban J connectivity index is 1.96. The van der Waals surface area contributed by atoms with Crippen LogP contribution in [0.5, 0.6) is 0 Å². The second kappa shape index (κ2) is 7.11. The first-order valence-electron chi connectivity index (χ1n) is 5.90. The Labute approximate surface area is 126 Å². The highest BCUT2D eigenvalue weighted by atomic mass is 35.5. The van der Waals surface area contributed by atoms with Crippen LogP contribution in [0.15, 0.2) is 35.7 Å². The lowest BCUT2D eigenvalue weighted by molar-refractivity contribution is 0.0951. The van der Waals surface area contributed by atoms with Gasteiger partial charge in [-0.3, -0.25) is 4.79 Å². The maximum atomic E-state index is 12.0. The molecule has 0 spiro atoms. The minimum Gasteiger partial charge on any atom is -0.384 e. The average Bonchev–Trinajstić information content (AvgIpc) is 2.91. The zero-order chi connectivity index (χ0) is 14.4.